The van der Waals surface area contributed by atoms with E-state index in [1.165, 1.54) is 10.4 Å². The molecule has 3 atom stereocenters. The molecule has 160 valence electrons. The number of aryl methyl sites for hydroxylation is 1. The number of carbonyl (C=O) groups excluding carboxylic acids is 1. The van der Waals surface area contributed by atoms with Crippen molar-refractivity contribution in [2.45, 2.75) is 38.4 Å². The van der Waals surface area contributed by atoms with Crippen LogP contribution in [0.4, 0.5) is 10.5 Å². The Bertz CT molecular complexity index is 1050. The second kappa shape index (κ2) is 8.36. The molecule has 2 fully saturated rings. The van der Waals surface area contributed by atoms with Crippen molar-refractivity contribution in [1.29, 1.82) is 0 Å². The highest BCUT2D eigenvalue weighted by Crippen LogP contribution is 2.39. The summed E-state index contributed by atoms with van der Waals surface area (Å²) in [4.78, 5) is 18.9. The number of ether oxygens (including phenoxy) is 1. The van der Waals surface area contributed by atoms with Crippen molar-refractivity contribution in [2.24, 2.45) is 0 Å². The van der Waals surface area contributed by atoms with Crippen molar-refractivity contribution in [2.75, 3.05) is 18.4 Å². The second-order valence-corrected chi connectivity index (χ2v) is 9.35. The Morgan fingerprint density at radius 1 is 1.03 bits per heavy atom. The van der Waals surface area contributed by atoms with Gasteiger partial charge in [0, 0.05) is 41.8 Å². The fourth-order valence-corrected chi connectivity index (χ4v) is 5.82. The van der Waals surface area contributed by atoms with E-state index in [0.717, 1.165) is 36.7 Å². The highest BCUT2D eigenvalue weighted by atomic mass is 32.1. The van der Waals surface area contributed by atoms with Gasteiger partial charge in [0.05, 0.1) is 0 Å². The van der Waals surface area contributed by atoms with Crippen molar-refractivity contribution in [3.05, 3.63) is 76.5 Å². The predicted molar refractivity (Wildman–Crippen MR) is 125 cm³/mol. The third-order valence-corrected chi connectivity index (χ3v) is 7.60. The van der Waals surface area contributed by atoms with Gasteiger partial charge in [-0.15, -0.1) is 11.3 Å². The minimum Gasteiger partial charge on any atom is -0.457 e. The van der Waals surface area contributed by atoms with Gasteiger partial charge in [-0.25, -0.2) is 4.79 Å². The zero-order valence-corrected chi connectivity index (χ0v) is 18.6. The van der Waals surface area contributed by atoms with E-state index in [1.54, 1.807) is 0 Å². The summed E-state index contributed by atoms with van der Waals surface area (Å²) in [5, 5.41) is 5.23. The Hall–Kier alpha value is -2.83. The first-order valence-electron chi connectivity index (χ1n) is 10.8. The third kappa shape index (κ3) is 4.05. The Morgan fingerprint density at radius 2 is 1.77 bits per heavy atom. The summed E-state index contributed by atoms with van der Waals surface area (Å²) in [5.74, 6) is 1.54. The SMILES string of the molecule is Cc1ccsc1C(C)N1CC2CC1CN2C(=O)Nc1ccc(Oc2ccccc2)cc1. The lowest BCUT2D eigenvalue weighted by atomic mass is 10.1. The zero-order chi connectivity index (χ0) is 21.4. The maximum atomic E-state index is 12.9. The monoisotopic (exact) mass is 433 g/mol. The van der Waals surface area contributed by atoms with Gasteiger partial charge in [0.15, 0.2) is 0 Å². The van der Waals surface area contributed by atoms with Crippen molar-refractivity contribution < 1.29 is 9.53 Å². The van der Waals surface area contributed by atoms with E-state index in [2.05, 4.69) is 35.5 Å². The second-order valence-electron chi connectivity index (χ2n) is 8.41. The molecule has 1 aromatic heterocycles. The topological polar surface area (TPSA) is 44.8 Å². The maximum absolute atomic E-state index is 12.9. The molecule has 3 aromatic rings. The van der Waals surface area contributed by atoms with Gasteiger partial charge >= 0.3 is 6.03 Å². The molecule has 1 N–H and O–H groups in total. The lowest BCUT2D eigenvalue weighted by Gasteiger charge is -2.37. The van der Waals surface area contributed by atoms with Crippen molar-refractivity contribution in [3.8, 4) is 11.5 Å². The molecule has 3 heterocycles. The van der Waals surface area contributed by atoms with Crippen LogP contribution in [0.2, 0.25) is 0 Å². The molecule has 2 bridgehead atoms. The molecular formula is C25H27N3O2S. The van der Waals surface area contributed by atoms with Crippen molar-refractivity contribution in [1.82, 2.24) is 9.80 Å². The summed E-state index contributed by atoms with van der Waals surface area (Å²) in [5.41, 5.74) is 2.15. The molecule has 2 aromatic carbocycles. The number of urea groups is 1. The molecule has 5 rings (SSSR count). The van der Waals surface area contributed by atoms with E-state index in [9.17, 15) is 4.79 Å². The number of piperazine rings is 1. The van der Waals surface area contributed by atoms with Crippen LogP contribution in [0.15, 0.2) is 66.0 Å². The summed E-state index contributed by atoms with van der Waals surface area (Å²) in [6.07, 6.45) is 1.06. The van der Waals surface area contributed by atoms with Crippen LogP contribution in [0.5, 0.6) is 11.5 Å². The molecule has 0 aliphatic carbocycles. The van der Waals surface area contributed by atoms with Crippen LogP contribution in [-0.2, 0) is 0 Å². The van der Waals surface area contributed by atoms with Crippen LogP contribution < -0.4 is 10.1 Å². The fraction of sp³-hybridized carbons (Fsp3) is 0.320. The number of rotatable bonds is 5. The molecule has 0 radical (unpaired) electrons. The average Bonchev–Trinajstić information content (AvgIpc) is 3.51. The highest BCUT2D eigenvalue weighted by molar-refractivity contribution is 7.10. The molecule has 31 heavy (non-hydrogen) atoms. The summed E-state index contributed by atoms with van der Waals surface area (Å²) in [6.45, 7) is 6.22. The Morgan fingerprint density at radius 3 is 2.42 bits per heavy atom. The molecule has 2 amide bonds. The minimum absolute atomic E-state index is 0.0103. The van der Waals surface area contributed by atoms with E-state index < -0.39 is 0 Å². The number of amides is 2. The predicted octanol–water partition coefficient (Wildman–Crippen LogP) is 5.90. The van der Waals surface area contributed by atoms with Crippen molar-refractivity contribution in [3.63, 3.8) is 0 Å². The van der Waals surface area contributed by atoms with Gasteiger partial charge in [-0.05, 0) is 73.7 Å². The summed E-state index contributed by atoms with van der Waals surface area (Å²) < 4.78 is 5.82. The van der Waals surface area contributed by atoms with E-state index >= 15 is 0 Å². The fourth-order valence-electron chi connectivity index (χ4n) is 4.81. The van der Waals surface area contributed by atoms with Crippen LogP contribution in [0.1, 0.15) is 29.8 Å². The first kappa shape index (κ1) is 20.1. The molecule has 3 unspecified atom stereocenters. The first-order valence-corrected chi connectivity index (χ1v) is 11.7. The molecule has 0 spiro atoms. The first-order chi connectivity index (χ1) is 15.1. The van der Waals surface area contributed by atoms with Gasteiger partial charge in [-0.1, -0.05) is 18.2 Å². The van der Waals surface area contributed by atoms with E-state index in [1.807, 2.05) is 70.8 Å². The van der Waals surface area contributed by atoms with E-state index in [-0.39, 0.29) is 12.1 Å². The zero-order valence-electron chi connectivity index (χ0n) is 17.8. The largest absolute Gasteiger partial charge is 0.457 e. The van der Waals surface area contributed by atoms with Crippen LogP contribution in [0, 0.1) is 6.92 Å². The number of nitrogens with one attached hydrogen (secondary N) is 1. The van der Waals surface area contributed by atoms with E-state index in [4.69, 9.17) is 4.74 Å². The number of hydrogen-bond acceptors (Lipinski definition) is 4. The van der Waals surface area contributed by atoms with E-state index in [0.29, 0.717) is 12.1 Å². The highest BCUT2D eigenvalue weighted by Gasteiger charge is 2.47. The molecule has 2 saturated heterocycles. The molecule has 6 heteroatoms. The summed E-state index contributed by atoms with van der Waals surface area (Å²) in [7, 11) is 0. The van der Waals surface area contributed by atoms with Crippen LogP contribution in [-0.4, -0.2) is 41.0 Å². The van der Waals surface area contributed by atoms with Gasteiger partial charge < -0.3 is 15.0 Å². The number of fused-ring (bicyclic) bond motifs is 2. The average molecular weight is 434 g/mol. The quantitative estimate of drug-likeness (QED) is 0.545. The Kier molecular flexibility index (Phi) is 5.42. The minimum atomic E-state index is -0.0103. The third-order valence-electron chi connectivity index (χ3n) is 6.41. The number of carbonyl (C=O) groups is 1. The standard InChI is InChI=1S/C25H27N3O2S/c1-17-12-13-31-24(17)18(2)27-15-21-14-20(27)16-28(21)25(29)26-19-8-10-23(11-9-19)30-22-6-4-3-5-7-22/h3-13,18,20-21H,14-16H2,1-2H3,(H,26,29). The molecule has 2 aliphatic rings. The number of para-hydroxylation sites is 1. The molecule has 2 aliphatic heterocycles. The maximum Gasteiger partial charge on any atom is 0.322 e. The molecule has 0 saturated carbocycles. The Labute approximate surface area is 187 Å². The van der Waals surface area contributed by atoms with Gasteiger partial charge in [0.25, 0.3) is 0 Å². The normalized spacial score (nSPS) is 21.3. The molecular weight excluding hydrogens is 406 g/mol. The van der Waals surface area contributed by atoms with Gasteiger partial charge in [-0.3, -0.25) is 4.90 Å². The van der Waals surface area contributed by atoms with Crippen LogP contribution in [0.25, 0.3) is 0 Å². The molecule has 5 nitrogen and oxygen atoms in total. The van der Waals surface area contributed by atoms with Gasteiger partial charge in [0.1, 0.15) is 11.5 Å². The number of likely N-dealkylation sites (tertiary alicyclic amines) is 2. The number of hydrogen-bond donors (Lipinski definition) is 1. The smallest absolute Gasteiger partial charge is 0.322 e. The summed E-state index contributed by atoms with van der Waals surface area (Å²) in [6, 6.07) is 20.5. The van der Waals surface area contributed by atoms with Gasteiger partial charge in [0.2, 0.25) is 0 Å². The number of benzene rings is 2. The number of anilines is 1. The Balaban J connectivity index is 1.18. The van der Waals surface area contributed by atoms with Gasteiger partial charge in [-0.2, -0.15) is 0 Å². The van der Waals surface area contributed by atoms with Crippen molar-refractivity contribution >= 4 is 23.1 Å². The number of nitrogens with zero attached hydrogens (tertiary/aromatic N) is 2. The number of thiophene rings is 1. The lowest BCUT2D eigenvalue weighted by molar-refractivity contribution is 0.116. The summed E-state index contributed by atoms with van der Waals surface area (Å²) >= 11 is 1.84. The van der Waals surface area contributed by atoms with Crippen LogP contribution >= 0.6 is 11.3 Å². The van der Waals surface area contributed by atoms with Crippen LogP contribution in [0.3, 0.4) is 0 Å². The lowest BCUT2D eigenvalue weighted by Crippen LogP contribution is -2.50.